The highest BCUT2D eigenvalue weighted by Gasteiger charge is 2.27. The number of aliphatic carboxylic acids is 1. The minimum Gasteiger partial charge on any atom is -0.481 e. The van der Waals surface area contributed by atoms with Crippen molar-refractivity contribution in [2.24, 2.45) is 0 Å². The first-order valence-corrected chi connectivity index (χ1v) is 5.27. The zero-order chi connectivity index (χ0) is 10.8. The van der Waals surface area contributed by atoms with Gasteiger partial charge in [0.1, 0.15) is 6.04 Å². The van der Waals surface area contributed by atoms with Gasteiger partial charge in [0.15, 0.2) is 0 Å². The number of hydrogen-bond donors (Lipinski definition) is 2. The van der Waals surface area contributed by atoms with Crippen molar-refractivity contribution in [2.75, 3.05) is 5.32 Å². The van der Waals surface area contributed by atoms with Gasteiger partial charge in [-0.1, -0.05) is 12.1 Å². The first-order chi connectivity index (χ1) is 7.16. The quantitative estimate of drug-likeness (QED) is 0.796. The fraction of sp³-hybridized carbons (Fsp3) is 0.200. The summed E-state index contributed by atoms with van der Waals surface area (Å²) in [4.78, 5) is 22.9. The fourth-order valence-electron chi connectivity index (χ4n) is 1.41. The molecule has 1 aromatic carbocycles. The third-order valence-electron chi connectivity index (χ3n) is 2.09. The van der Waals surface area contributed by atoms with Gasteiger partial charge in [-0.15, -0.1) is 0 Å². The third-order valence-corrected chi connectivity index (χ3v) is 3.15. The number of thioether (sulfide) groups is 1. The lowest BCUT2D eigenvalue weighted by Crippen LogP contribution is -2.32. The van der Waals surface area contributed by atoms with Crippen LogP contribution >= 0.6 is 11.8 Å². The van der Waals surface area contributed by atoms with E-state index in [1.807, 2.05) is 24.3 Å². The zero-order valence-electron chi connectivity index (χ0n) is 7.77. The van der Waals surface area contributed by atoms with Crippen molar-refractivity contribution in [3.8, 4) is 0 Å². The first kappa shape index (κ1) is 10.0. The Bertz CT molecular complexity index is 419. The van der Waals surface area contributed by atoms with Crippen molar-refractivity contribution < 1.29 is 14.7 Å². The molecule has 4 nitrogen and oxygen atoms in total. The van der Waals surface area contributed by atoms with E-state index in [4.69, 9.17) is 5.11 Å². The molecule has 5 heteroatoms. The molecular weight excluding hydrogens is 214 g/mol. The average Bonchev–Trinajstić information content (AvgIpc) is 2.18. The lowest BCUT2D eigenvalue weighted by molar-refractivity contribution is -0.138. The summed E-state index contributed by atoms with van der Waals surface area (Å²) in [6.45, 7) is 0. The van der Waals surface area contributed by atoms with E-state index < -0.39 is 12.0 Å². The number of para-hydroxylation sites is 1. The highest BCUT2D eigenvalue weighted by Crippen LogP contribution is 2.34. The van der Waals surface area contributed by atoms with Crippen LogP contribution in [0, 0.1) is 0 Å². The molecule has 0 bridgehead atoms. The van der Waals surface area contributed by atoms with E-state index >= 15 is 0 Å². The van der Waals surface area contributed by atoms with Crippen LogP contribution in [0.15, 0.2) is 29.2 Å². The second kappa shape index (κ2) is 3.94. The van der Waals surface area contributed by atoms with Gasteiger partial charge in [-0.3, -0.25) is 9.59 Å². The van der Waals surface area contributed by atoms with Crippen molar-refractivity contribution in [3.05, 3.63) is 24.3 Å². The Morgan fingerprint density at radius 3 is 2.93 bits per heavy atom. The molecule has 0 unspecified atom stereocenters. The minimum absolute atomic E-state index is 0.142. The maximum Gasteiger partial charge on any atom is 0.305 e. The fourth-order valence-corrected chi connectivity index (χ4v) is 2.29. The number of hydrogen-bond acceptors (Lipinski definition) is 4. The molecule has 1 heterocycles. The summed E-state index contributed by atoms with van der Waals surface area (Å²) in [5, 5.41) is 11.4. The molecule has 1 aromatic rings. The second-order valence-corrected chi connectivity index (χ2v) is 4.26. The number of carboxylic acids is 1. The van der Waals surface area contributed by atoms with Crippen molar-refractivity contribution in [2.45, 2.75) is 17.4 Å². The first-order valence-electron chi connectivity index (χ1n) is 4.46. The Morgan fingerprint density at radius 2 is 2.20 bits per heavy atom. The molecule has 0 spiro atoms. The number of fused-ring (bicyclic) bond motifs is 1. The van der Waals surface area contributed by atoms with Gasteiger partial charge >= 0.3 is 5.97 Å². The number of carbonyl (C=O) groups is 2. The molecule has 1 aliphatic heterocycles. The predicted molar refractivity (Wildman–Crippen MR) is 57.0 cm³/mol. The van der Waals surface area contributed by atoms with Gasteiger partial charge in [0.2, 0.25) is 5.12 Å². The van der Waals surface area contributed by atoms with Crippen LogP contribution in [0.25, 0.3) is 0 Å². The van der Waals surface area contributed by atoms with E-state index in [1.54, 1.807) is 0 Å². The number of rotatable bonds is 2. The molecule has 1 aliphatic rings. The van der Waals surface area contributed by atoms with Crippen molar-refractivity contribution in [1.29, 1.82) is 0 Å². The van der Waals surface area contributed by atoms with E-state index in [0.29, 0.717) is 0 Å². The van der Waals surface area contributed by atoms with Crippen LogP contribution in [0.5, 0.6) is 0 Å². The lowest BCUT2D eigenvalue weighted by Gasteiger charge is -2.23. The van der Waals surface area contributed by atoms with Gasteiger partial charge in [-0.05, 0) is 23.9 Å². The summed E-state index contributed by atoms with van der Waals surface area (Å²) in [7, 11) is 0. The van der Waals surface area contributed by atoms with E-state index in [-0.39, 0.29) is 11.5 Å². The molecule has 0 saturated carbocycles. The summed E-state index contributed by atoms with van der Waals surface area (Å²) in [5.41, 5.74) is 0.827. The largest absolute Gasteiger partial charge is 0.481 e. The molecule has 0 amide bonds. The molecule has 2 N–H and O–H groups in total. The van der Waals surface area contributed by atoms with Gasteiger partial charge in [-0.25, -0.2) is 0 Å². The molecule has 0 fully saturated rings. The predicted octanol–water partition coefficient (Wildman–Crippen LogP) is 1.57. The summed E-state index contributed by atoms with van der Waals surface area (Å²) in [5.74, 6) is -0.971. The maximum atomic E-state index is 11.5. The van der Waals surface area contributed by atoms with Crippen molar-refractivity contribution >= 4 is 28.5 Å². The van der Waals surface area contributed by atoms with E-state index in [2.05, 4.69) is 5.32 Å². The van der Waals surface area contributed by atoms with Gasteiger partial charge < -0.3 is 10.4 Å². The second-order valence-electron chi connectivity index (χ2n) is 3.21. The van der Waals surface area contributed by atoms with E-state index in [9.17, 15) is 9.59 Å². The molecule has 0 saturated heterocycles. The number of carbonyl (C=O) groups excluding carboxylic acids is 1. The van der Waals surface area contributed by atoms with Gasteiger partial charge in [0.05, 0.1) is 6.42 Å². The highest BCUT2D eigenvalue weighted by atomic mass is 32.2. The van der Waals surface area contributed by atoms with Crippen LogP contribution in [-0.4, -0.2) is 22.2 Å². The van der Waals surface area contributed by atoms with Crippen LogP contribution in [0.3, 0.4) is 0 Å². The Balaban J connectivity index is 2.22. The smallest absolute Gasteiger partial charge is 0.305 e. The normalized spacial score (nSPS) is 19.2. The Hall–Kier alpha value is -1.49. The number of nitrogens with one attached hydrogen (secondary N) is 1. The number of carboxylic acid groups (broad SMARTS) is 1. The Morgan fingerprint density at radius 1 is 1.47 bits per heavy atom. The highest BCUT2D eigenvalue weighted by molar-refractivity contribution is 8.14. The zero-order valence-corrected chi connectivity index (χ0v) is 8.58. The lowest BCUT2D eigenvalue weighted by atomic mass is 10.2. The Kier molecular flexibility index (Phi) is 2.64. The third kappa shape index (κ3) is 2.12. The number of benzene rings is 1. The average molecular weight is 223 g/mol. The summed E-state index contributed by atoms with van der Waals surface area (Å²) in [6.07, 6.45) is -0.180. The minimum atomic E-state index is -0.971. The van der Waals surface area contributed by atoms with Crippen LogP contribution in [-0.2, 0) is 9.59 Å². The Labute approximate surface area is 90.7 Å². The van der Waals surface area contributed by atoms with Crippen LogP contribution in [0.4, 0.5) is 5.69 Å². The van der Waals surface area contributed by atoms with Gasteiger partial charge in [-0.2, -0.15) is 0 Å². The summed E-state index contributed by atoms with van der Waals surface area (Å²) >= 11 is 1.10. The van der Waals surface area contributed by atoms with E-state index in [1.165, 1.54) is 0 Å². The molecule has 2 rings (SSSR count). The topological polar surface area (TPSA) is 66.4 Å². The van der Waals surface area contributed by atoms with E-state index in [0.717, 1.165) is 22.3 Å². The van der Waals surface area contributed by atoms with Gasteiger partial charge in [0.25, 0.3) is 0 Å². The molecule has 78 valence electrons. The van der Waals surface area contributed by atoms with Crippen molar-refractivity contribution in [1.82, 2.24) is 0 Å². The monoisotopic (exact) mass is 223 g/mol. The van der Waals surface area contributed by atoms with Gasteiger partial charge in [0, 0.05) is 10.6 Å². The van der Waals surface area contributed by atoms with Crippen LogP contribution in [0.1, 0.15) is 6.42 Å². The molecular formula is C10H9NO3S. The molecule has 15 heavy (non-hydrogen) atoms. The summed E-state index contributed by atoms with van der Waals surface area (Å²) < 4.78 is 0. The molecule has 0 aromatic heterocycles. The maximum absolute atomic E-state index is 11.5. The van der Waals surface area contributed by atoms with Crippen molar-refractivity contribution in [3.63, 3.8) is 0 Å². The van der Waals surface area contributed by atoms with Crippen LogP contribution < -0.4 is 5.32 Å². The number of anilines is 1. The standard InChI is InChI=1S/C10H9NO3S/c12-9(13)5-7-10(14)15-8-4-2-1-3-6(8)11-7/h1-4,7,11H,5H2,(H,12,13)/t7-/m0/s1. The SMILES string of the molecule is O=C(O)C[C@@H]1Nc2ccccc2SC1=O. The molecule has 0 radical (unpaired) electrons. The van der Waals surface area contributed by atoms with Crippen LogP contribution in [0.2, 0.25) is 0 Å². The molecule has 1 atom stereocenters. The molecule has 0 aliphatic carbocycles. The summed E-state index contributed by atoms with van der Waals surface area (Å²) in [6, 6.07) is 6.74.